The highest BCUT2D eigenvalue weighted by molar-refractivity contribution is 6.30. The third-order valence-electron chi connectivity index (χ3n) is 5.95. The molecule has 1 atom stereocenters. The zero-order valence-corrected chi connectivity index (χ0v) is 20.1. The summed E-state index contributed by atoms with van der Waals surface area (Å²) in [7, 11) is 1.59. The fourth-order valence-corrected chi connectivity index (χ4v) is 4.48. The molecular formula is C25H23Cl2N3O4. The van der Waals surface area contributed by atoms with Crippen LogP contribution >= 0.6 is 23.2 Å². The van der Waals surface area contributed by atoms with E-state index in [0.717, 1.165) is 27.9 Å². The first-order chi connectivity index (χ1) is 16.3. The van der Waals surface area contributed by atoms with Crippen molar-refractivity contribution in [2.75, 3.05) is 25.1 Å². The van der Waals surface area contributed by atoms with Gasteiger partial charge in [-0.05, 0) is 35.4 Å². The molecule has 9 heteroatoms. The number of anilines is 1. The lowest BCUT2D eigenvalue weighted by molar-refractivity contribution is -0.813. The minimum atomic E-state index is -1.07. The summed E-state index contributed by atoms with van der Waals surface area (Å²) >= 11 is 12.2. The molecule has 0 radical (unpaired) electrons. The summed E-state index contributed by atoms with van der Waals surface area (Å²) in [5.74, 6) is 0. The molecule has 0 N–H and O–H groups in total. The second kappa shape index (κ2) is 10.1. The van der Waals surface area contributed by atoms with Crippen LogP contribution in [0.25, 0.3) is 11.3 Å². The molecule has 4 rings (SSSR count). The number of urea groups is 1. The maximum Gasteiger partial charge on any atom is 0.423 e. The average molecular weight is 500 g/mol. The quantitative estimate of drug-likeness (QED) is 0.174. The second-order valence-corrected chi connectivity index (χ2v) is 9.07. The molecule has 0 bridgehead atoms. The van der Waals surface area contributed by atoms with Gasteiger partial charge in [-0.15, -0.1) is 0 Å². The molecule has 0 aliphatic carbocycles. The lowest BCUT2D eigenvalue weighted by atomic mass is 9.92. The fraction of sp³-hybridized carbons (Fsp3) is 0.240. The molecule has 2 aromatic carbocycles. The summed E-state index contributed by atoms with van der Waals surface area (Å²) in [4.78, 5) is 29.5. The predicted octanol–water partition coefficient (Wildman–Crippen LogP) is 5.59. The number of rotatable bonds is 8. The minimum Gasteiger partial charge on any atom is -0.624 e. The average Bonchev–Trinajstić information content (AvgIpc) is 2.83. The normalized spacial score (nSPS) is 17.4. The number of benzene rings is 2. The van der Waals surface area contributed by atoms with Crippen molar-refractivity contribution in [1.82, 2.24) is 4.98 Å². The number of halogens is 2. The number of hydrogen-bond donors (Lipinski definition) is 0. The molecule has 0 saturated heterocycles. The molecule has 0 spiro atoms. The molecule has 34 heavy (non-hydrogen) atoms. The van der Waals surface area contributed by atoms with Gasteiger partial charge >= 0.3 is 6.03 Å². The second-order valence-electron chi connectivity index (χ2n) is 8.19. The van der Waals surface area contributed by atoms with E-state index in [4.69, 9.17) is 32.9 Å². The Morgan fingerprint density at radius 1 is 1.12 bits per heavy atom. The molecular weight excluding hydrogens is 477 g/mol. The van der Waals surface area contributed by atoms with Gasteiger partial charge in [-0.1, -0.05) is 47.5 Å². The van der Waals surface area contributed by atoms with E-state index < -0.39 is 10.7 Å². The maximum atomic E-state index is 13.7. The molecule has 0 fully saturated rings. The van der Waals surface area contributed by atoms with Crippen molar-refractivity contribution in [3.63, 3.8) is 0 Å². The van der Waals surface area contributed by atoms with Gasteiger partial charge in [0.1, 0.15) is 6.54 Å². The van der Waals surface area contributed by atoms with Gasteiger partial charge in [-0.2, -0.15) is 0 Å². The third-order valence-corrected chi connectivity index (χ3v) is 6.45. The Hall–Kier alpha value is -2.97. The Morgan fingerprint density at radius 3 is 2.41 bits per heavy atom. The van der Waals surface area contributed by atoms with Crippen molar-refractivity contribution in [2.45, 2.75) is 19.4 Å². The first kappa shape index (κ1) is 24.2. The number of hydroxylamine groups is 3. The molecule has 176 valence electrons. The van der Waals surface area contributed by atoms with Gasteiger partial charge in [-0.25, -0.2) is 4.79 Å². The Labute approximate surface area is 207 Å². The standard InChI is InChI=1S/C25H23Cl2N3O4/c1-29-23-14-28-24(18-5-9-20(27)10-6-18)21(13-17-3-7-19(26)8-4-17)22(23)15-30(33,25(29)32)11-2-12-34-16-31/h3-10,14,16H,2,11-13,15H2,1H3. The number of carbonyl (C=O) groups excluding carboxylic acids is 2. The van der Waals surface area contributed by atoms with Crippen molar-refractivity contribution in [2.24, 2.45) is 0 Å². The van der Waals surface area contributed by atoms with Crippen LogP contribution in [0.4, 0.5) is 10.5 Å². The summed E-state index contributed by atoms with van der Waals surface area (Å²) < 4.78 is 3.65. The Kier molecular flexibility index (Phi) is 7.19. The van der Waals surface area contributed by atoms with E-state index >= 15 is 0 Å². The van der Waals surface area contributed by atoms with Crippen LogP contribution in [0.5, 0.6) is 0 Å². The highest BCUT2D eigenvalue weighted by atomic mass is 35.5. The van der Waals surface area contributed by atoms with Crippen LogP contribution < -0.4 is 4.90 Å². The lowest BCUT2D eigenvalue weighted by Gasteiger charge is -2.46. The first-order valence-electron chi connectivity index (χ1n) is 10.7. The van der Waals surface area contributed by atoms with Gasteiger partial charge in [0, 0.05) is 41.1 Å². The number of aromatic nitrogens is 1. The summed E-state index contributed by atoms with van der Waals surface area (Å²) in [6.07, 6.45) is 2.42. The molecule has 7 nitrogen and oxygen atoms in total. The first-order valence-corrected chi connectivity index (χ1v) is 11.5. The number of carbonyl (C=O) groups is 2. The molecule has 1 unspecified atom stereocenters. The van der Waals surface area contributed by atoms with Gasteiger partial charge in [-0.3, -0.25) is 19.3 Å². The molecule has 2 heterocycles. The maximum absolute atomic E-state index is 13.7. The number of ether oxygens (including phenoxy) is 1. The van der Waals surface area contributed by atoms with E-state index in [1.54, 1.807) is 25.4 Å². The van der Waals surface area contributed by atoms with Gasteiger partial charge in [0.05, 0.1) is 30.7 Å². The number of amides is 2. The SMILES string of the molecule is CN1C(=O)[N+]([O-])(CCCOC=O)Cc2c1cnc(-c1ccc(Cl)cc1)c2Cc1ccc(Cl)cc1. The van der Waals surface area contributed by atoms with Crippen molar-refractivity contribution >= 4 is 41.4 Å². The van der Waals surface area contributed by atoms with Crippen molar-refractivity contribution in [3.8, 4) is 11.3 Å². The van der Waals surface area contributed by atoms with E-state index in [-0.39, 0.29) is 26.1 Å². The number of nitrogens with zero attached hydrogens (tertiary/aromatic N) is 3. The number of hydrogen-bond acceptors (Lipinski definition) is 5. The Bertz CT molecular complexity index is 1200. The van der Waals surface area contributed by atoms with Crippen LogP contribution in [0.3, 0.4) is 0 Å². The minimum absolute atomic E-state index is 0.00452. The number of pyridine rings is 1. The molecule has 3 aromatic rings. The molecule has 2 amide bonds. The third kappa shape index (κ3) is 4.93. The molecule has 1 aromatic heterocycles. The van der Waals surface area contributed by atoms with E-state index in [1.165, 1.54) is 4.90 Å². The van der Waals surface area contributed by atoms with E-state index in [0.29, 0.717) is 28.6 Å². The van der Waals surface area contributed by atoms with Gasteiger partial charge in [0.15, 0.2) is 0 Å². The smallest absolute Gasteiger partial charge is 0.423 e. The van der Waals surface area contributed by atoms with Crippen LogP contribution in [0.2, 0.25) is 10.0 Å². The summed E-state index contributed by atoms with van der Waals surface area (Å²) in [6, 6.07) is 14.3. The topological polar surface area (TPSA) is 82.6 Å². The zero-order chi connectivity index (χ0) is 24.3. The summed E-state index contributed by atoms with van der Waals surface area (Å²) in [6.45, 7) is 0.379. The van der Waals surface area contributed by atoms with Crippen LogP contribution in [0.15, 0.2) is 54.7 Å². The van der Waals surface area contributed by atoms with Crippen molar-refractivity contribution in [3.05, 3.63) is 86.7 Å². The summed E-state index contributed by atoms with van der Waals surface area (Å²) in [5, 5.41) is 14.9. The van der Waals surface area contributed by atoms with Gasteiger partial charge in [0.25, 0.3) is 6.47 Å². The van der Waals surface area contributed by atoms with Crippen molar-refractivity contribution < 1.29 is 19.0 Å². The Balaban J connectivity index is 1.81. The largest absolute Gasteiger partial charge is 0.624 e. The monoisotopic (exact) mass is 499 g/mol. The lowest BCUT2D eigenvalue weighted by Crippen LogP contribution is -2.57. The van der Waals surface area contributed by atoms with E-state index in [2.05, 4.69) is 0 Å². The number of fused-ring (bicyclic) bond motifs is 1. The van der Waals surface area contributed by atoms with Gasteiger partial charge < -0.3 is 9.94 Å². The Morgan fingerprint density at radius 2 is 1.76 bits per heavy atom. The van der Waals surface area contributed by atoms with Crippen LogP contribution in [0.1, 0.15) is 23.1 Å². The highest BCUT2D eigenvalue weighted by Crippen LogP contribution is 2.38. The van der Waals surface area contributed by atoms with Crippen LogP contribution in [-0.2, 0) is 22.5 Å². The number of quaternary nitrogens is 1. The zero-order valence-electron chi connectivity index (χ0n) is 18.5. The van der Waals surface area contributed by atoms with Crippen LogP contribution in [-0.4, -0.2) is 42.3 Å². The fourth-order valence-electron chi connectivity index (χ4n) is 4.22. The summed E-state index contributed by atoms with van der Waals surface area (Å²) in [5.41, 5.74) is 4.83. The van der Waals surface area contributed by atoms with Gasteiger partial charge in [0.2, 0.25) is 0 Å². The predicted molar refractivity (Wildman–Crippen MR) is 132 cm³/mol. The van der Waals surface area contributed by atoms with Crippen LogP contribution in [0, 0.1) is 5.21 Å². The molecule has 1 aliphatic rings. The molecule has 1 aliphatic heterocycles. The molecule has 0 saturated carbocycles. The highest BCUT2D eigenvalue weighted by Gasteiger charge is 2.40. The van der Waals surface area contributed by atoms with Crippen molar-refractivity contribution in [1.29, 1.82) is 0 Å². The van der Waals surface area contributed by atoms with E-state index in [9.17, 15) is 14.8 Å². The van der Waals surface area contributed by atoms with E-state index in [1.807, 2.05) is 36.4 Å².